The maximum absolute atomic E-state index is 12.7. The molecule has 0 fully saturated rings. The van der Waals surface area contributed by atoms with E-state index in [9.17, 15) is 9.81 Å². The monoisotopic (exact) mass is 548 g/mol. The molecule has 1 N–H and O–H groups in total. The predicted octanol–water partition coefficient (Wildman–Crippen LogP) is 5.63. The average Bonchev–Trinajstić information content (AvgIpc) is 2.88. The lowest BCUT2D eigenvalue weighted by molar-refractivity contribution is 0.206. The number of nitrogens with zero attached hydrogens (tertiary/aromatic N) is 1. The van der Waals surface area contributed by atoms with Crippen LogP contribution in [0.1, 0.15) is 65.6 Å². The molecule has 202 valence electrons. The summed E-state index contributed by atoms with van der Waals surface area (Å²) in [6.07, 6.45) is 0. The highest BCUT2D eigenvalue weighted by atomic mass is 32.2. The van der Waals surface area contributed by atoms with Gasteiger partial charge < -0.3 is 13.7 Å². The minimum atomic E-state index is -2.69. The van der Waals surface area contributed by atoms with Gasteiger partial charge in [-0.2, -0.15) is 5.26 Å². The first-order chi connectivity index (χ1) is 17.9. The van der Waals surface area contributed by atoms with Crippen LogP contribution in [0.2, 0.25) is 5.04 Å². The van der Waals surface area contributed by atoms with Gasteiger partial charge in [-0.15, -0.1) is 4.72 Å². The molecule has 0 spiro atoms. The number of para-hydroxylation sites is 1. The molecule has 7 heteroatoms. The highest BCUT2D eigenvalue weighted by molar-refractivity contribution is 7.90. The van der Waals surface area contributed by atoms with Crippen molar-refractivity contribution in [2.75, 3.05) is 13.2 Å². The van der Waals surface area contributed by atoms with Crippen LogP contribution in [0, 0.1) is 11.3 Å². The second-order valence-corrected chi connectivity index (χ2v) is 17.7. The van der Waals surface area contributed by atoms with Crippen LogP contribution in [0.4, 0.5) is 0 Å². The van der Waals surface area contributed by atoms with E-state index in [1.165, 1.54) is 10.4 Å². The fraction of sp³-hybridized carbons (Fsp3) is 0.387. The van der Waals surface area contributed by atoms with Crippen LogP contribution < -0.4 is 19.8 Å². The van der Waals surface area contributed by atoms with Crippen LogP contribution >= 0.6 is 0 Å². The molecule has 0 aliphatic carbocycles. The Morgan fingerprint density at radius 2 is 1.42 bits per heavy atom. The molecule has 0 aliphatic heterocycles. The van der Waals surface area contributed by atoms with Crippen molar-refractivity contribution in [1.82, 2.24) is 4.72 Å². The third-order valence-corrected chi connectivity index (χ3v) is 13.3. The molecule has 0 saturated carbocycles. The topological polar surface area (TPSA) is 77.3 Å². The van der Waals surface area contributed by atoms with Gasteiger partial charge >= 0.3 is 0 Å². The van der Waals surface area contributed by atoms with Crippen LogP contribution in [0.25, 0.3) is 0 Å². The van der Waals surface area contributed by atoms with Crippen molar-refractivity contribution in [1.29, 1.82) is 5.26 Å². The zero-order valence-electron chi connectivity index (χ0n) is 23.6. The summed E-state index contributed by atoms with van der Waals surface area (Å²) in [5.41, 5.74) is 1.25. The SMILES string of the molecule is C[C@@H](N[S@@+]([O-])C(C)(C)C)c1cccc(C#N)c1OCCO[Si](c1ccccc1)(c1ccccc1)C(C)(C)C. The van der Waals surface area contributed by atoms with E-state index in [2.05, 4.69) is 80.1 Å². The van der Waals surface area contributed by atoms with Crippen molar-refractivity contribution in [3.63, 3.8) is 0 Å². The van der Waals surface area contributed by atoms with Crippen molar-refractivity contribution >= 4 is 30.1 Å². The molecule has 3 aromatic carbocycles. The van der Waals surface area contributed by atoms with Gasteiger partial charge in [0, 0.05) is 16.9 Å². The maximum Gasteiger partial charge on any atom is 0.261 e. The zero-order valence-corrected chi connectivity index (χ0v) is 25.4. The van der Waals surface area contributed by atoms with Gasteiger partial charge in [-0.25, -0.2) is 0 Å². The number of benzene rings is 3. The number of ether oxygens (including phenoxy) is 1. The number of hydrogen-bond acceptors (Lipinski definition) is 5. The standard InChI is InChI=1S/C31H40N2O3SSi/c1-24(33-37(34)30(2,3)4)28-20-14-15-25(23-32)29(28)35-21-22-36-38(31(5,6)7,26-16-10-8-11-17-26)27-18-12-9-13-19-27/h8-20,24,33H,21-22H2,1-7H3/t24-,37+/m1/s1. The van der Waals surface area contributed by atoms with Crippen molar-refractivity contribution in [2.45, 2.75) is 64.3 Å². The number of nitrogens with one attached hydrogen (secondary N) is 1. The third-order valence-electron chi connectivity index (χ3n) is 6.54. The average molecular weight is 549 g/mol. The first-order valence-corrected chi connectivity index (χ1v) is 16.1. The summed E-state index contributed by atoms with van der Waals surface area (Å²) >= 11 is -1.26. The molecule has 5 nitrogen and oxygen atoms in total. The van der Waals surface area contributed by atoms with E-state index in [-0.39, 0.29) is 17.7 Å². The first kappa shape index (κ1) is 29.9. The summed E-state index contributed by atoms with van der Waals surface area (Å²) < 4.78 is 28.7. The molecule has 0 bridgehead atoms. The molecule has 0 radical (unpaired) electrons. The lowest BCUT2D eigenvalue weighted by atomic mass is 10.0. The van der Waals surface area contributed by atoms with Gasteiger partial charge in [0.15, 0.2) is 0 Å². The van der Waals surface area contributed by atoms with E-state index in [4.69, 9.17) is 9.16 Å². The third kappa shape index (κ3) is 6.69. The van der Waals surface area contributed by atoms with E-state index >= 15 is 0 Å². The molecular formula is C31H40N2O3SSi. The van der Waals surface area contributed by atoms with Gasteiger partial charge in [0.05, 0.1) is 18.2 Å². The van der Waals surface area contributed by atoms with E-state index in [1.807, 2.05) is 52.0 Å². The zero-order chi connectivity index (χ0) is 28.0. The Labute approximate surface area is 232 Å². The molecule has 0 saturated heterocycles. The van der Waals surface area contributed by atoms with E-state index in [0.29, 0.717) is 17.9 Å². The minimum absolute atomic E-state index is 0.138. The molecule has 0 aromatic heterocycles. The fourth-order valence-corrected chi connectivity index (χ4v) is 9.99. The number of rotatable bonds is 10. The molecule has 0 aliphatic rings. The number of nitriles is 1. The second-order valence-electron chi connectivity index (χ2n) is 11.4. The smallest absolute Gasteiger partial charge is 0.261 e. The summed E-state index contributed by atoms with van der Waals surface area (Å²) in [6, 6.07) is 28.4. The first-order valence-electron chi connectivity index (χ1n) is 13.0. The Morgan fingerprint density at radius 1 is 0.868 bits per heavy atom. The van der Waals surface area contributed by atoms with Crippen LogP contribution in [-0.4, -0.2) is 30.8 Å². The lowest BCUT2D eigenvalue weighted by Crippen LogP contribution is -2.66. The Kier molecular flexibility index (Phi) is 9.85. The summed E-state index contributed by atoms with van der Waals surface area (Å²) in [7, 11) is -2.69. The van der Waals surface area contributed by atoms with Gasteiger partial charge in [-0.3, -0.25) is 0 Å². The molecule has 3 rings (SSSR count). The molecule has 0 unspecified atom stereocenters. The largest absolute Gasteiger partial charge is 0.598 e. The minimum Gasteiger partial charge on any atom is -0.598 e. The molecular weight excluding hydrogens is 509 g/mol. The van der Waals surface area contributed by atoms with Crippen molar-refractivity contribution in [3.05, 3.63) is 90.0 Å². The Morgan fingerprint density at radius 3 is 1.89 bits per heavy atom. The molecule has 3 aromatic rings. The normalized spacial score (nSPS) is 14.0. The highest BCUT2D eigenvalue weighted by Gasteiger charge is 2.50. The van der Waals surface area contributed by atoms with Crippen LogP contribution in [0.3, 0.4) is 0 Å². The quantitative estimate of drug-likeness (QED) is 0.202. The van der Waals surface area contributed by atoms with Crippen LogP contribution in [0.5, 0.6) is 5.75 Å². The summed E-state index contributed by atoms with van der Waals surface area (Å²) in [5, 5.41) is 12.1. The Balaban J connectivity index is 1.88. The molecule has 0 amide bonds. The van der Waals surface area contributed by atoms with Gasteiger partial charge in [0.25, 0.3) is 8.32 Å². The van der Waals surface area contributed by atoms with Crippen LogP contribution in [-0.2, 0) is 15.8 Å². The van der Waals surface area contributed by atoms with Crippen LogP contribution in [0.15, 0.2) is 78.9 Å². The Hall–Kier alpha value is -2.60. The molecule has 2 atom stereocenters. The summed E-state index contributed by atoms with van der Waals surface area (Å²) in [5.74, 6) is 0.506. The van der Waals surface area contributed by atoms with Gasteiger partial charge in [0.2, 0.25) is 0 Å². The second kappa shape index (κ2) is 12.5. The van der Waals surface area contributed by atoms with E-state index < -0.39 is 24.4 Å². The lowest BCUT2D eigenvalue weighted by Gasteiger charge is -2.43. The predicted molar refractivity (Wildman–Crippen MR) is 160 cm³/mol. The fourth-order valence-electron chi connectivity index (χ4n) is 4.65. The highest BCUT2D eigenvalue weighted by Crippen LogP contribution is 2.37. The summed E-state index contributed by atoms with van der Waals surface area (Å²) in [4.78, 5) is 0. The van der Waals surface area contributed by atoms with E-state index in [0.717, 1.165) is 5.56 Å². The molecule has 0 heterocycles. The molecule has 38 heavy (non-hydrogen) atoms. The maximum atomic E-state index is 12.7. The summed E-state index contributed by atoms with van der Waals surface area (Å²) in [6.45, 7) is 15.1. The van der Waals surface area contributed by atoms with Crippen molar-refractivity contribution in [3.8, 4) is 11.8 Å². The van der Waals surface area contributed by atoms with Gasteiger partial charge in [-0.1, -0.05) is 93.6 Å². The number of hydrogen-bond donors (Lipinski definition) is 1. The Bertz CT molecular complexity index is 1180. The van der Waals surface area contributed by atoms with Crippen molar-refractivity contribution < 1.29 is 13.7 Å². The van der Waals surface area contributed by atoms with Gasteiger partial charge in [0.1, 0.15) is 23.2 Å². The van der Waals surface area contributed by atoms with Crippen molar-refractivity contribution in [2.24, 2.45) is 0 Å². The van der Waals surface area contributed by atoms with Gasteiger partial charge in [-0.05, 0) is 49.2 Å². The van der Waals surface area contributed by atoms with E-state index in [1.54, 1.807) is 6.07 Å².